The number of likely N-dealkylation sites (N-methyl/N-ethyl adjacent to an activating group) is 1. The molecule has 4 aromatic rings. The fourth-order valence-corrected chi connectivity index (χ4v) is 9.92. The van der Waals surface area contributed by atoms with Crippen LogP contribution < -0.4 is 10.7 Å². The maximum absolute atomic E-state index is 14.7. The number of aliphatic hydroxyl groups excluding tert-OH is 1. The third-order valence-electron chi connectivity index (χ3n) is 13.0. The standard InChI is InChI=1S/C49H65N7O8/c1-8-55-42-12-11-32-24-37(42)38(44(55)39-26-50-15-13-34(39)28-63-7)25-49(4,5)29-64-48(62)40-10-9-16-56(52-40)47(61)41(22-31-20-35(32)23-36(58)21-31)51-45(59)43(30(2)3)53(6)46(60)33-14-17-54(27-33)18-19-57/h11-13,15,20-21,23-24,26,30,33,40-41,43,52,57-58H,8-10,14,16-19,22,25,27-29H2,1-7H3,(H,51,59)/t33-,40-,41-,43-/m0/s1. The molecule has 344 valence electrons. The molecule has 7 rings (SSSR count). The maximum atomic E-state index is 14.7. The number of likely N-dealkylation sites (tertiary alicyclic amines) is 1. The summed E-state index contributed by atoms with van der Waals surface area (Å²) in [6, 6.07) is 10.7. The number of hydrazine groups is 1. The van der Waals surface area contributed by atoms with Crippen LogP contribution in [0.2, 0.25) is 0 Å². The van der Waals surface area contributed by atoms with E-state index in [0.717, 1.165) is 44.4 Å². The van der Waals surface area contributed by atoms with E-state index < -0.39 is 41.3 Å². The molecule has 4 N–H and O–H groups in total. The van der Waals surface area contributed by atoms with Gasteiger partial charge in [-0.15, -0.1) is 0 Å². The van der Waals surface area contributed by atoms with Crippen LogP contribution in [0.3, 0.4) is 0 Å². The van der Waals surface area contributed by atoms with E-state index in [4.69, 9.17) is 9.47 Å². The highest BCUT2D eigenvalue weighted by Crippen LogP contribution is 2.41. The van der Waals surface area contributed by atoms with Crippen LogP contribution in [0.1, 0.15) is 70.6 Å². The fourth-order valence-electron chi connectivity index (χ4n) is 9.92. The summed E-state index contributed by atoms with van der Waals surface area (Å²) in [7, 11) is 3.31. The van der Waals surface area contributed by atoms with Gasteiger partial charge < -0.3 is 39.4 Å². The van der Waals surface area contributed by atoms with E-state index in [1.54, 1.807) is 32.5 Å². The van der Waals surface area contributed by atoms with E-state index in [2.05, 4.69) is 53.2 Å². The molecule has 0 saturated carbocycles. The maximum Gasteiger partial charge on any atom is 0.324 e. The van der Waals surface area contributed by atoms with Gasteiger partial charge in [0.25, 0.3) is 5.91 Å². The van der Waals surface area contributed by atoms with Crippen molar-refractivity contribution in [3.05, 3.63) is 71.5 Å². The number of β-amino-alcohol motifs (C(OH)–C–C–N with tert-alkyl or cyclic N) is 1. The predicted molar refractivity (Wildman–Crippen MR) is 244 cm³/mol. The number of carbonyl (C=O) groups is 4. The Morgan fingerprint density at radius 2 is 1.89 bits per heavy atom. The molecule has 0 aliphatic carbocycles. The largest absolute Gasteiger partial charge is 0.508 e. The number of carbonyl (C=O) groups excluding carboxylic acids is 4. The Morgan fingerprint density at radius 1 is 1.09 bits per heavy atom. The van der Waals surface area contributed by atoms with Crippen LogP contribution in [0.5, 0.6) is 5.75 Å². The number of aryl methyl sites for hydroxylation is 1. The first kappa shape index (κ1) is 46.6. The summed E-state index contributed by atoms with van der Waals surface area (Å²) in [5.41, 5.74) is 9.84. The van der Waals surface area contributed by atoms with Crippen LogP contribution >= 0.6 is 0 Å². The van der Waals surface area contributed by atoms with Gasteiger partial charge in [0.1, 0.15) is 23.9 Å². The molecule has 2 saturated heterocycles. The smallest absolute Gasteiger partial charge is 0.324 e. The number of phenolic OH excluding ortho intramolecular Hbond substituents is 1. The van der Waals surface area contributed by atoms with Gasteiger partial charge in [0.15, 0.2) is 0 Å². The van der Waals surface area contributed by atoms with Gasteiger partial charge in [-0.05, 0) is 103 Å². The molecule has 2 fully saturated rings. The number of hydrogen-bond donors (Lipinski definition) is 4. The molecule has 5 heterocycles. The number of aromatic hydroxyl groups is 1. The molecule has 2 aromatic heterocycles. The molecule has 3 amide bonds. The van der Waals surface area contributed by atoms with E-state index in [-0.39, 0.29) is 43.1 Å². The molecule has 0 radical (unpaired) electrons. The van der Waals surface area contributed by atoms with Gasteiger partial charge in [-0.1, -0.05) is 39.8 Å². The number of fused-ring (bicyclic) bond motifs is 6. The number of ether oxygens (including phenoxy) is 2. The summed E-state index contributed by atoms with van der Waals surface area (Å²) in [5, 5.41) is 26.2. The zero-order chi connectivity index (χ0) is 45.9. The minimum atomic E-state index is -1.13. The lowest BCUT2D eigenvalue weighted by molar-refractivity contribution is -0.155. The van der Waals surface area contributed by atoms with Crippen LogP contribution in [-0.4, -0.2) is 130 Å². The van der Waals surface area contributed by atoms with Crippen LogP contribution in [0, 0.1) is 17.3 Å². The first-order valence-electron chi connectivity index (χ1n) is 22.7. The average Bonchev–Trinajstić information content (AvgIpc) is 3.86. The molecule has 15 heteroatoms. The van der Waals surface area contributed by atoms with Crippen molar-refractivity contribution in [2.75, 3.05) is 53.6 Å². The van der Waals surface area contributed by atoms with Gasteiger partial charge in [-0.3, -0.25) is 29.2 Å². The number of pyridine rings is 1. The zero-order valence-electron chi connectivity index (χ0n) is 38.4. The molecule has 2 aromatic carbocycles. The summed E-state index contributed by atoms with van der Waals surface area (Å²) in [4.78, 5) is 65.0. The van der Waals surface area contributed by atoms with Crippen molar-refractivity contribution >= 4 is 34.6 Å². The van der Waals surface area contributed by atoms with Crippen molar-refractivity contribution in [1.29, 1.82) is 0 Å². The zero-order valence-corrected chi connectivity index (χ0v) is 38.4. The number of methoxy groups -OCH3 is 1. The Bertz CT molecular complexity index is 2360. The van der Waals surface area contributed by atoms with E-state index in [9.17, 15) is 29.4 Å². The monoisotopic (exact) mass is 879 g/mol. The highest BCUT2D eigenvalue weighted by molar-refractivity contribution is 5.96. The quantitative estimate of drug-likeness (QED) is 0.154. The molecular formula is C49H65N7O8. The van der Waals surface area contributed by atoms with Gasteiger partial charge >= 0.3 is 5.97 Å². The molecule has 64 heavy (non-hydrogen) atoms. The second-order valence-electron chi connectivity index (χ2n) is 18.8. The molecule has 0 unspecified atom stereocenters. The highest BCUT2D eigenvalue weighted by Gasteiger charge is 2.40. The molecular weight excluding hydrogens is 815 g/mol. The highest BCUT2D eigenvalue weighted by atomic mass is 16.5. The van der Waals surface area contributed by atoms with Crippen LogP contribution in [-0.2, 0) is 54.6 Å². The Morgan fingerprint density at radius 3 is 2.62 bits per heavy atom. The molecule has 3 aliphatic heterocycles. The lowest BCUT2D eigenvalue weighted by Crippen LogP contribution is -2.62. The van der Waals surface area contributed by atoms with Gasteiger partial charge in [0.2, 0.25) is 11.8 Å². The Hall–Kier alpha value is -5.35. The first-order chi connectivity index (χ1) is 30.6. The second-order valence-corrected chi connectivity index (χ2v) is 18.8. The third kappa shape index (κ3) is 9.97. The van der Waals surface area contributed by atoms with Gasteiger partial charge in [-0.25, -0.2) is 5.43 Å². The number of benzene rings is 2. The normalized spacial score (nSPS) is 21.1. The van der Waals surface area contributed by atoms with E-state index in [0.29, 0.717) is 70.6 Å². The number of phenols is 1. The number of esters is 1. The van der Waals surface area contributed by atoms with Crippen molar-refractivity contribution in [2.24, 2.45) is 17.3 Å². The summed E-state index contributed by atoms with van der Waals surface area (Å²) < 4.78 is 14.0. The van der Waals surface area contributed by atoms with Crippen molar-refractivity contribution in [2.45, 2.75) is 98.0 Å². The minimum Gasteiger partial charge on any atom is -0.508 e. The number of aromatic nitrogens is 2. The molecule has 15 nitrogen and oxygen atoms in total. The molecule has 4 atom stereocenters. The minimum absolute atomic E-state index is 0.00312. The van der Waals surface area contributed by atoms with Crippen molar-refractivity contribution in [3.8, 4) is 28.1 Å². The summed E-state index contributed by atoms with van der Waals surface area (Å²) >= 11 is 0. The lowest BCUT2D eigenvalue weighted by atomic mass is 9.84. The number of amides is 3. The van der Waals surface area contributed by atoms with E-state index in [1.807, 2.05) is 43.1 Å². The fraction of sp³-hybridized carbons (Fsp3) is 0.531. The number of nitrogens with zero attached hydrogens (tertiary/aromatic N) is 5. The number of aliphatic hydroxyl groups is 1. The Kier molecular flexibility index (Phi) is 14.4. The third-order valence-corrected chi connectivity index (χ3v) is 13.0. The van der Waals surface area contributed by atoms with Crippen LogP contribution in [0.25, 0.3) is 33.3 Å². The second kappa shape index (κ2) is 19.8. The Labute approximate surface area is 376 Å². The molecule has 3 aliphatic rings. The summed E-state index contributed by atoms with van der Waals surface area (Å²) in [6.07, 6.45) is 5.82. The molecule has 0 spiro atoms. The number of hydrogen-bond acceptors (Lipinski definition) is 11. The summed E-state index contributed by atoms with van der Waals surface area (Å²) in [6.45, 7) is 13.2. The average molecular weight is 880 g/mol. The van der Waals surface area contributed by atoms with Crippen LogP contribution in [0.15, 0.2) is 54.9 Å². The van der Waals surface area contributed by atoms with Crippen LogP contribution in [0.4, 0.5) is 0 Å². The lowest BCUT2D eigenvalue weighted by Gasteiger charge is -2.37. The summed E-state index contributed by atoms with van der Waals surface area (Å²) in [5.74, 6) is -2.18. The van der Waals surface area contributed by atoms with E-state index in [1.165, 1.54) is 9.91 Å². The first-order valence-corrected chi connectivity index (χ1v) is 22.7. The van der Waals surface area contributed by atoms with Crippen molar-refractivity contribution in [1.82, 2.24) is 35.1 Å². The van der Waals surface area contributed by atoms with Gasteiger partial charge in [0, 0.05) is 81.0 Å². The topological polar surface area (TPSA) is 179 Å². The number of nitrogens with one attached hydrogen (secondary N) is 2. The number of cyclic esters (lactones) is 1. The predicted octanol–water partition coefficient (Wildman–Crippen LogP) is 4.69. The van der Waals surface area contributed by atoms with Gasteiger partial charge in [-0.2, -0.15) is 0 Å². The molecule has 6 bridgehead atoms. The van der Waals surface area contributed by atoms with E-state index >= 15 is 0 Å². The van der Waals surface area contributed by atoms with Crippen molar-refractivity contribution < 1.29 is 38.9 Å². The number of rotatable bonds is 11. The van der Waals surface area contributed by atoms with Crippen molar-refractivity contribution in [3.63, 3.8) is 0 Å². The SMILES string of the molecule is CCn1c(-c2cnccc2COC)c2c3cc(ccc31)-c1cc(O)cc(c1)C[C@H](NC(=O)[C@H](C(C)C)N(C)C(=O)[C@H]1CCN(CCO)C1)C(=O)N1CCC[C@H](N1)C(=O)OCC(C)(C)C2. The van der Waals surface area contributed by atoms with Gasteiger partial charge in [0.05, 0.1) is 31.4 Å². The Balaban J connectivity index is 1.31.